The summed E-state index contributed by atoms with van der Waals surface area (Å²) in [6.45, 7) is 8.60. The number of rotatable bonds is 21. The second-order valence-corrected chi connectivity index (χ2v) is 9.96. The number of hydrogen-bond acceptors (Lipinski definition) is 3. The van der Waals surface area contributed by atoms with E-state index in [0.717, 1.165) is 64.0 Å². The van der Waals surface area contributed by atoms with Gasteiger partial charge in [-0.25, -0.2) is 0 Å². The first-order chi connectivity index (χ1) is 15.4. The third-order valence-corrected chi connectivity index (χ3v) is 6.22. The molecule has 0 aliphatic carbocycles. The molecule has 4 unspecified atom stereocenters. The molecular weight excluding hydrogens is 396 g/mol. The zero-order valence-electron chi connectivity index (χ0n) is 21.6. The van der Waals surface area contributed by atoms with Crippen molar-refractivity contribution in [3.63, 3.8) is 0 Å². The van der Waals surface area contributed by atoms with Crippen LogP contribution in [0.1, 0.15) is 124 Å². The van der Waals surface area contributed by atoms with Crippen molar-refractivity contribution in [2.24, 2.45) is 11.8 Å². The Hall–Kier alpha value is -1.06. The predicted molar refractivity (Wildman–Crippen MR) is 140 cm³/mol. The maximum Gasteiger partial charge on any atom is 0.0751 e. The number of unbranched alkanes of at least 4 members (excludes halogenated alkanes) is 5. The number of aliphatic hydroxyl groups excluding tert-OH is 3. The summed E-state index contributed by atoms with van der Waals surface area (Å²) in [6, 6.07) is 0. The monoisotopic (exact) mass is 450 g/mol. The molecule has 0 aromatic rings. The quantitative estimate of drug-likeness (QED) is 0.0934. The van der Waals surface area contributed by atoms with Gasteiger partial charge in [-0.05, 0) is 83.0 Å². The van der Waals surface area contributed by atoms with Gasteiger partial charge in [-0.3, -0.25) is 0 Å². The van der Waals surface area contributed by atoms with E-state index in [1.807, 2.05) is 19.1 Å². The van der Waals surface area contributed by atoms with Crippen molar-refractivity contribution in [1.29, 1.82) is 0 Å². The van der Waals surface area contributed by atoms with Crippen LogP contribution in [0.2, 0.25) is 0 Å². The first-order valence-electron chi connectivity index (χ1n) is 13.4. The van der Waals surface area contributed by atoms with Gasteiger partial charge in [0.25, 0.3) is 0 Å². The molecule has 0 aromatic carbocycles. The van der Waals surface area contributed by atoms with Gasteiger partial charge in [0, 0.05) is 0 Å². The highest BCUT2D eigenvalue weighted by Gasteiger charge is 2.12. The molecule has 3 N–H and O–H groups in total. The fourth-order valence-corrected chi connectivity index (χ4v) is 4.51. The minimum absolute atomic E-state index is 0.190. The van der Waals surface area contributed by atoms with Crippen LogP contribution >= 0.6 is 0 Å². The molecular formula is C29H54O3. The molecule has 0 saturated carbocycles. The number of hydrogen-bond donors (Lipinski definition) is 3. The van der Waals surface area contributed by atoms with Crippen LogP contribution in [0.4, 0.5) is 0 Å². The van der Waals surface area contributed by atoms with Gasteiger partial charge in [0.1, 0.15) is 0 Å². The molecule has 0 amide bonds. The van der Waals surface area contributed by atoms with Gasteiger partial charge >= 0.3 is 0 Å². The minimum atomic E-state index is -0.339. The van der Waals surface area contributed by atoms with Gasteiger partial charge in [0.15, 0.2) is 0 Å². The van der Waals surface area contributed by atoms with Crippen LogP contribution < -0.4 is 0 Å². The fourth-order valence-electron chi connectivity index (χ4n) is 4.51. The molecule has 4 atom stereocenters. The van der Waals surface area contributed by atoms with Crippen LogP contribution in [0, 0.1) is 11.8 Å². The van der Waals surface area contributed by atoms with Crippen molar-refractivity contribution >= 4 is 0 Å². The molecule has 3 heteroatoms. The van der Waals surface area contributed by atoms with Crippen LogP contribution in [0.5, 0.6) is 0 Å². The highest BCUT2D eigenvalue weighted by Crippen LogP contribution is 2.22. The highest BCUT2D eigenvalue weighted by molar-refractivity contribution is 5.04. The average molecular weight is 451 g/mol. The van der Waals surface area contributed by atoms with Gasteiger partial charge < -0.3 is 15.3 Å². The molecule has 32 heavy (non-hydrogen) atoms. The van der Waals surface area contributed by atoms with Gasteiger partial charge in [0.05, 0.1) is 18.5 Å². The smallest absolute Gasteiger partial charge is 0.0751 e. The Morgan fingerprint density at radius 2 is 1.47 bits per heavy atom. The molecule has 188 valence electrons. The molecule has 0 fully saturated rings. The van der Waals surface area contributed by atoms with Gasteiger partial charge in [0.2, 0.25) is 0 Å². The van der Waals surface area contributed by atoms with E-state index in [2.05, 4.69) is 32.9 Å². The second-order valence-electron chi connectivity index (χ2n) is 9.96. The van der Waals surface area contributed by atoms with Crippen molar-refractivity contribution in [3.05, 3.63) is 36.1 Å². The first-order valence-corrected chi connectivity index (χ1v) is 13.4. The summed E-state index contributed by atoms with van der Waals surface area (Å²) in [5.41, 5.74) is 1.56. The zero-order valence-corrected chi connectivity index (χ0v) is 21.6. The summed E-state index contributed by atoms with van der Waals surface area (Å²) >= 11 is 0. The lowest BCUT2D eigenvalue weighted by Crippen LogP contribution is -2.12. The Morgan fingerprint density at radius 3 is 2.16 bits per heavy atom. The van der Waals surface area contributed by atoms with Crippen LogP contribution in [-0.2, 0) is 0 Å². The van der Waals surface area contributed by atoms with Gasteiger partial charge in [-0.1, -0.05) is 82.8 Å². The van der Waals surface area contributed by atoms with E-state index in [9.17, 15) is 10.2 Å². The minimum Gasteiger partial charge on any atom is -0.516 e. The van der Waals surface area contributed by atoms with Crippen molar-refractivity contribution in [1.82, 2.24) is 0 Å². The summed E-state index contributed by atoms with van der Waals surface area (Å²) in [5, 5.41) is 28.4. The topological polar surface area (TPSA) is 60.7 Å². The van der Waals surface area contributed by atoms with Gasteiger partial charge in [-0.15, -0.1) is 0 Å². The lowest BCUT2D eigenvalue weighted by molar-refractivity contribution is 0.171. The molecule has 0 aliphatic rings. The highest BCUT2D eigenvalue weighted by atomic mass is 16.3. The maximum absolute atomic E-state index is 10.4. The summed E-state index contributed by atoms with van der Waals surface area (Å²) in [6.07, 6.45) is 25.8. The molecule has 0 saturated heterocycles. The standard InChI is InChI=1S/C29H54O3/c1-5-16-28(19-11-9-7-6-8-10-14-22-30)20-12-13-21-29(32)24-26(3)23-25(2)17-15-18-27(4)31/h13-14,16,21-22,25-27,29-32H,5-12,15,17-20,23-24H2,1-4H3/b21-13?,22-14-,28-16?. The average Bonchev–Trinajstić information content (AvgIpc) is 2.72. The third-order valence-electron chi connectivity index (χ3n) is 6.22. The van der Waals surface area contributed by atoms with Crippen LogP contribution in [-0.4, -0.2) is 27.5 Å². The third kappa shape index (κ3) is 20.8. The first kappa shape index (κ1) is 30.9. The molecule has 0 aromatic heterocycles. The van der Waals surface area contributed by atoms with Crippen LogP contribution in [0.3, 0.4) is 0 Å². The van der Waals surface area contributed by atoms with Crippen LogP contribution in [0.25, 0.3) is 0 Å². The van der Waals surface area contributed by atoms with Gasteiger partial charge in [-0.2, -0.15) is 0 Å². The normalized spacial score (nSPS) is 16.6. The van der Waals surface area contributed by atoms with E-state index >= 15 is 0 Å². The SMILES string of the molecule is CCC=C(CCC=CC(O)CC(C)CC(C)CCCC(C)O)CCCCCCC/C=C\O. The fraction of sp³-hybridized carbons (Fsp3) is 0.793. The van der Waals surface area contributed by atoms with E-state index in [4.69, 9.17) is 5.11 Å². The maximum atomic E-state index is 10.4. The van der Waals surface area contributed by atoms with Crippen LogP contribution in [0.15, 0.2) is 36.1 Å². The molecule has 0 spiro atoms. The van der Waals surface area contributed by atoms with E-state index in [1.54, 1.807) is 5.57 Å². The van der Waals surface area contributed by atoms with E-state index < -0.39 is 0 Å². The summed E-state index contributed by atoms with van der Waals surface area (Å²) in [5.74, 6) is 1.17. The molecule has 0 rings (SSSR count). The van der Waals surface area contributed by atoms with E-state index in [1.165, 1.54) is 38.5 Å². The van der Waals surface area contributed by atoms with E-state index in [0.29, 0.717) is 11.8 Å². The Bertz CT molecular complexity index is 493. The zero-order chi connectivity index (χ0) is 24.0. The number of aliphatic hydroxyl groups is 3. The molecule has 0 radical (unpaired) electrons. The summed E-state index contributed by atoms with van der Waals surface area (Å²) < 4.78 is 0. The molecule has 0 bridgehead atoms. The lowest BCUT2D eigenvalue weighted by atomic mass is 9.89. The Labute approximate surface area is 199 Å². The Kier molecular flexibility index (Phi) is 21.0. The lowest BCUT2D eigenvalue weighted by Gasteiger charge is -2.19. The Balaban J connectivity index is 4.00. The second kappa shape index (κ2) is 21.8. The predicted octanol–water partition coefficient (Wildman–Crippen LogP) is 8.43. The molecule has 0 aliphatic heterocycles. The van der Waals surface area contributed by atoms with Crippen molar-refractivity contribution in [2.45, 2.75) is 136 Å². The van der Waals surface area contributed by atoms with Crippen molar-refractivity contribution < 1.29 is 15.3 Å². The summed E-state index contributed by atoms with van der Waals surface area (Å²) in [4.78, 5) is 0. The Morgan fingerprint density at radius 1 is 0.750 bits per heavy atom. The largest absolute Gasteiger partial charge is 0.516 e. The summed E-state index contributed by atoms with van der Waals surface area (Å²) in [7, 11) is 0. The van der Waals surface area contributed by atoms with Crippen molar-refractivity contribution in [3.8, 4) is 0 Å². The molecule has 0 heterocycles. The van der Waals surface area contributed by atoms with E-state index in [-0.39, 0.29) is 12.2 Å². The molecule has 3 nitrogen and oxygen atoms in total. The number of allylic oxidation sites excluding steroid dienone is 4. The van der Waals surface area contributed by atoms with Crippen molar-refractivity contribution in [2.75, 3.05) is 0 Å².